The van der Waals surface area contributed by atoms with Crippen LogP contribution < -0.4 is 4.90 Å². The lowest BCUT2D eigenvalue weighted by Crippen LogP contribution is -2.21. The zero-order valence-electron chi connectivity index (χ0n) is 10.8. The van der Waals surface area contributed by atoms with Crippen molar-refractivity contribution in [2.45, 2.75) is 12.3 Å². The van der Waals surface area contributed by atoms with E-state index in [4.69, 9.17) is 0 Å². The minimum atomic E-state index is 0.481. The fourth-order valence-electron chi connectivity index (χ4n) is 2.63. The van der Waals surface area contributed by atoms with E-state index in [9.17, 15) is 5.26 Å². The van der Waals surface area contributed by atoms with Gasteiger partial charge >= 0.3 is 0 Å². The van der Waals surface area contributed by atoms with Crippen LogP contribution in [0.2, 0.25) is 0 Å². The third-order valence-corrected chi connectivity index (χ3v) is 4.05. The van der Waals surface area contributed by atoms with Gasteiger partial charge in [-0.3, -0.25) is 4.98 Å². The minimum Gasteiger partial charge on any atom is -0.355 e. The van der Waals surface area contributed by atoms with Gasteiger partial charge < -0.3 is 4.90 Å². The normalized spacial score (nSPS) is 18.0. The van der Waals surface area contributed by atoms with E-state index < -0.39 is 0 Å². The lowest BCUT2D eigenvalue weighted by atomic mass is 10.00. The van der Waals surface area contributed by atoms with Gasteiger partial charge in [0.1, 0.15) is 11.9 Å². The summed E-state index contributed by atoms with van der Waals surface area (Å²) in [7, 11) is 0. The van der Waals surface area contributed by atoms with Crippen molar-refractivity contribution in [3.63, 3.8) is 0 Å². The van der Waals surface area contributed by atoms with Crippen molar-refractivity contribution in [3.05, 3.63) is 52.4 Å². The van der Waals surface area contributed by atoms with Gasteiger partial charge in [-0.1, -0.05) is 0 Å². The van der Waals surface area contributed by atoms with Crippen LogP contribution >= 0.6 is 15.9 Å². The summed E-state index contributed by atoms with van der Waals surface area (Å²) in [6.45, 7) is 1.82. The van der Waals surface area contributed by atoms with Gasteiger partial charge in [-0.25, -0.2) is 4.98 Å². The molecule has 1 atom stereocenters. The highest BCUT2D eigenvalue weighted by molar-refractivity contribution is 9.10. The fourth-order valence-corrected chi connectivity index (χ4v) is 2.96. The van der Waals surface area contributed by atoms with E-state index in [1.807, 2.05) is 18.5 Å². The number of rotatable bonds is 2. The van der Waals surface area contributed by atoms with Gasteiger partial charge in [0.25, 0.3) is 0 Å². The zero-order chi connectivity index (χ0) is 13.9. The Labute approximate surface area is 126 Å². The first kappa shape index (κ1) is 13.1. The van der Waals surface area contributed by atoms with E-state index >= 15 is 0 Å². The lowest BCUT2D eigenvalue weighted by molar-refractivity contribution is 0.772. The quantitative estimate of drug-likeness (QED) is 0.849. The summed E-state index contributed by atoms with van der Waals surface area (Å²) in [5.41, 5.74) is 1.92. The molecule has 0 aliphatic carbocycles. The molecule has 0 bridgehead atoms. The minimum absolute atomic E-state index is 0.481. The number of halogens is 1. The Morgan fingerprint density at radius 1 is 1.35 bits per heavy atom. The lowest BCUT2D eigenvalue weighted by Gasteiger charge is -2.18. The van der Waals surface area contributed by atoms with Gasteiger partial charge in [0.05, 0.1) is 5.56 Å². The van der Waals surface area contributed by atoms with E-state index in [1.165, 1.54) is 5.56 Å². The third-order valence-electron chi connectivity index (χ3n) is 3.62. The Morgan fingerprint density at radius 3 is 2.90 bits per heavy atom. The summed E-state index contributed by atoms with van der Waals surface area (Å²) in [5, 5.41) is 9.24. The second-order valence-corrected chi connectivity index (χ2v) is 5.76. The molecule has 1 unspecified atom stereocenters. The summed E-state index contributed by atoms with van der Waals surface area (Å²) < 4.78 is 0.836. The zero-order valence-corrected chi connectivity index (χ0v) is 12.4. The van der Waals surface area contributed by atoms with Crippen LogP contribution in [0, 0.1) is 11.3 Å². The first-order valence-corrected chi connectivity index (χ1v) is 7.28. The van der Waals surface area contributed by atoms with Gasteiger partial charge in [0.15, 0.2) is 0 Å². The largest absolute Gasteiger partial charge is 0.355 e. The fraction of sp³-hybridized carbons (Fsp3) is 0.267. The van der Waals surface area contributed by atoms with Gasteiger partial charge in [-0.05, 0) is 46.1 Å². The van der Waals surface area contributed by atoms with Crippen LogP contribution in [0.5, 0.6) is 0 Å². The molecule has 0 spiro atoms. The number of hydrogen-bond donors (Lipinski definition) is 0. The molecule has 2 aromatic rings. The Hall–Kier alpha value is -1.93. The first-order valence-electron chi connectivity index (χ1n) is 6.48. The molecule has 1 aliphatic rings. The van der Waals surface area contributed by atoms with Crippen LogP contribution in [0.4, 0.5) is 5.82 Å². The third kappa shape index (κ3) is 2.52. The van der Waals surface area contributed by atoms with Gasteiger partial charge in [-0.2, -0.15) is 5.26 Å². The summed E-state index contributed by atoms with van der Waals surface area (Å²) in [6, 6.07) is 8.17. The average Bonchev–Trinajstić information content (AvgIpc) is 2.97. The highest BCUT2D eigenvalue weighted by atomic mass is 79.9. The molecule has 1 saturated heterocycles. The maximum atomic E-state index is 9.24. The monoisotopic (exact) mass is 328 g/mol. The van der Waals surface area contributed by atoms with Gasteiger partial charge in [0, 0.05) is 42.1 Å². The van der Waals surface area contributed by atoms with E-state index in [-0.39, 0.29) is 0 Å². The number of anilines is 1. The van der Waals surface area contributed by atoms with Crippen molar-refractivity contribution < 1.29 is 0 Å². The highest BCUT2D eigenvalue weighted by Crippen LogP contribution is 2.31. The van der Waals surface area contributed by atoms with Crippen molar-refractivity contribution in [2.24, 2.45) is 0 Å². The van der Waals surface area contributed by atoms with Crippen LogP contribution in [0.15, 0.2) is 41.3 Å². The standard InChI is InChI=1S/C15H13BrN4/c16-14-7-13(8-17)15(19-9-14)20-6-3-12(10-20)11-1-4-18-5-2-11/h1-2,4-5,7,9,12H,3,6,10H2. The van der Waals surface area contributed by atoms with E-state index in [0.29, 0.717) is 11.5 Å². The van der Waals surface area contributed by atoms with E-state index in [2.05, 4.69) is 49.0 Å². The predicted molar refractivity (Wildman–Crippen MR) is 80.5 cm³/mol. The van der Waals surface area contributed by atoms with Crippen molar-refractivity contribution in [3.8, 4) is 6.07 Å². The second kappa shape index (κ2) is 5.59. The molecule has 5 heteroatoms. The predicted octanol–water partition coefficient (Wildman–Crippen LogP) is 3.10. The summed E-state index contributed by atoms with van der Waals surface area (Å²) in [4.78, 5) is 10.7. The maximum Gasteiger partial charge on any atom is 0.146 e. The van der Waals surface area contributed by atoms with E-state index in [0.717, 1.165) is 29.8 Å². The molecule has 0 radical (unpaired) electrons. The van der Waals surface area contributed by atoms with Crippen LogP contribution in [0.1, 0.15) is 23.5 Å². The molecule has 0 N–H and O–H groups in total. The van der Waals surface area contributed by atoms with Crippen molar-refractivity contribution in [1.82, 2.24) is 9.97 Å². The Bertz CT molecular complexity index is 651. The van der Waals surface area contributed by atoms with Crippen LogP contribution in [-0.2, 0) is 0 Å². The Morgan fingerprint density at radius 2 is 2.15 bits per heavy atom. The molecule has 3 rings (SSSR count). The number of aromatic nitrogens is 2. The topological polar surface area (TPSA) is 52.8 Å². The molecular weight excluding hydrogens is 316 g/mol. The van der Waals surface area contributed by atoms with Crippen molar-refractivity contribution >= 4 is 21.7 Å². The average molecular weight is 329 g/mol. The molecule has 2 aromatic heterocycles. The van der Waals surface area contributed by atoms with Crippen LogP contribution in [-0.4, -0.2) is 23.1 Å². The number of hydrogen-bond acceptors (Lipinski definition) is 4. The maximum absolute atomic E-state index is 9.24. The summed E-state index contributed by atoms with van der Waals surface area (Å²) >= 11 is 3.36. The Kier molecular flexibility index (Phi) is 3.66. The molecule has 3 heterocycles. The molecule has 20 heavy (non-hydrogen) atoms. The second-order valence-electron chi connectivity index (χ2n) is 4.85. The van der Waals surface area contributed by atoms with Crippen molar-refractivity contribution in [2.75, 3.05) is 18.0 Å². The Balaban J connectivity index is 1.83. The molecule has 0 aromatic carbocycles. The molecular formula is C15H13BrN4. The number of pyridine rings is 2. The van der Waals surface area contributed by atoms with Gasteiger partial charge in [0.2, 0.25) is 0 Å². The highest BCUT2D eigenvalue weighted by Gasteiger charge is 2.26. The molecule has 1 fully saturated rings. The SMILES string of the molecule is N#Cc1cc(Br)cnc1N1CCC(c2ccncc2)C1. The van der Waals surface area contributed by atoms with Crippen molar-refractivity contribution in [1.29, 1.82) is 5.26 Å². The molecule has 4 nitrogen and oxygen atoms in total. The number of nitriles is 1. The van der Waals surface area contributed by atoms with Gasteiger partial charge in [-0.15, -0.1) is 0 Å². The molecule has 0 amide bonds. The molecule has 1 aliphatic heterocycles. The molecule has 0 saturated carbocycles. The first-order chi connectivity index (χ1) is 9.78. The summed E-state index contributed by atoms with van der Waals surface area (Å²) in [5.74, 6) is 1.27. The molecule has 100 valence electrons. The van der Waals surface area contributed by atoms with Crippen LogP contribution in [0.3, 0.4) is 0 Å². The smallest absolute Gasteiger partial charge is 0.146 e. The number of nitrogens with zero attached hydrogens (tertiary/aromatic N) is 4. The van der Waals surface area contributed by atoms with Crippen LogP contribution in [0.25, 0.3) is 0 Å². The summed E-state index contributed by atoms with van der Waals surface area (Å²) in [6.07, 6.45) is 6.48. The van der Waals surface area contributed by atoms with E-state index in [1.54, 1.807) is 6.20 Å².